The van der Waals surface area contributed by atoms with Crippen LogP contribution in [0.25, 0.3) is 0 Å². The van der Waals surface area contributed by atoms with Gasteiger partial charge < -0.3 is 4.90 Å². The molecule has 1 saturated heterocycles. The predicted octanol–water partition coefficient (Wildman–Crippen LogP) is 5.70. The first-order valence-corrected chi connectivity index (χ1v) is 11.1. The molecule has 1 aliphatic rings. The van der Waals surface area contributed by atoms with Crippen LogP contribution in [0.5, 0.6) is 0 Å². The van der Waals surface area contributed by atoms with Crippen molar-refractivity contribution < 1.29 is 9.18 Å². The monoisotopic (exact) mass is 416 g/mol. The van der Waals surface area contributed by atoms with Crippen LogP contribution >= 0.6 is 0 Å². The summed E-state index contributed by atoms with van der Waals surface area (Å²) < 4.78 is 14.0. The van der Waals surface area contributed by atoms with Crippen LogP contribution < -0.4 is 4.90 Å². The highest BCUT2D eigenvalue weighted by molar-refractivity contribution is 6.06. The Morgan fingerprint density at radius 1 is 0.935 bits per heavy atom. The maximum atomic E-state index is 14.0. The number of carbonyl (C=O) groups excluding carboxylic acids is 1. The number of nitrogens with zero attached hydrogens (tertiary/aromatic N) is 2. The summed E-state index contributed by atoms with van der Waals surface area (Å²) in [6, 6.07) is 24.9. The molecule has 31 heavy (non-hydrogen) atoms. The van der Waals surface area contributed by atoms with E-state index in [0.29, 0.717) is 12.1 Å². The fourth-order valence-corrected chi connectivity index (χ4v) is 4.31. The second-order valence-electron chi connectivity index (χ2n) is 8.16. The van der Waals surface area contributed by atoms with Crippen molar-refractivity contribution in [3.63, 3.8) is 0 Å². The number of rotatable bonds is 6. The van der Waals surface area contributed by atoms with Crippen molar-refractivity contribution in [1.82, 2.24) is 4.90 Å². The molecule has 4 rings (SSSR count). The zero-order valence-electron chi connectivity index (χ0n) is 18.0. The van der Waals surface area contributed by atoms with Gasteiger partial charge in [-0.05, 0) is 55.2 Å². The van der Waals surface area contributed by atoms with Crippen LogP contribution in [0, 0.1) is 5.82 Å². The Bertz CT molecular complexity index is 995. The predicted molar refractivity (Wildman–Crippen MR) is 124 cm³/mol. The van der Waals surface area contributed by atoms with Crippen molar-refractivity contribution >= 4 is 11.6 Å². The Morgan fingerprint density at radius 3 is 2.23 bits per heavy atom. The summed E-state index contributed by atoms with van der Waals surface area (Å²) in [6.45, 7) is 4.42. The molecular formula is C27H29FN2O. The molecule has 3 nitrogen and oxygen atoms in total. The Hall–Kier alpha value is -2.98. The smallest absolute Gasteiger partial charge is 0.258 e. The Morgan fingerprint density at radius 2 is 1.58 bits per heavy atom. The molecule has 160 valence electrons. The summed E-state index contributed by atoms with van der Waals surface area (Å²) in [5.74, 6) is -0.112. The average Bonchev–Trinajstić information content (AvgIpc) is 2.83. The van der Waals surface area contributed by atoms with E-state index in [1.54, 1.807) is 6.07 Å². The highest BCUT2D eigenvalue weighted by Gasteiger charge is 2.30. The molecule has 0 saturated carbocycles. The fourth-order valence-electron chi connectivity index (χ4n) is 4.31. The van der Waals surface area contributed by atoms with Crippen LogP contribution in [-0.2, 0) is 13.0 Å². The minimum absolute atomic E-state index is 0.0393. The summed E-state index contributed by atoms with van der Waals surface area (Å²) in [4.78, 5) is 17.7. The van der Waals surface area contributed by atoms with E-state index in [-0.39, 0.29) is 17.8 Å². The molecule has 0 unspecified atom stereocenters. The van der Waals surface area contributed by atoms with E-state index in [9.17, 15) is 9.18 Å². The lowest BCUT2D eigenvalue weighted by Crippen LogP contribution is -2.47. The third-order valence-corrected chi connectivity index (χ3v) is 6.14. The number of hydrogen-bond donors (Lipinski definition) is 0. The maximum Gasteiger partial charge on any atom is 0.258 e. The molecule has 0 bridgehead atoms. The van der Waals surface area contributed by atoms with Crippen LogP contribution in [0.4, 0.5) is 10.1 Å². The van der Waals surface area contributed by atoms with Gasteiger partial charge in [0, 0.05) is 42.5 Å². The van der Waals surface area contributed by atoms with Crippen LogP contribution in [0.3, 0.4) is 0 Å². The summed E-state index contributed by atoms with van der Waals surface area (Å²) in [6.07, 6.45) is 2.70. The molecule has 1 aliphatic heterocycles. The van der Waals surface area contributed by atoms with Gasteiger partial charge in [0.05, 0.1) is 0 Å². The number of amides is 1. The first-order valence-electron chi connectivity index (χ1n) is 11.1. The van der Waals surface area contributed by atoms with E-state index in [1.807, 2.05) is 47.4 Å². The van der Waals surface area contributed by atoms with E-state index < -0.39 is 0 Å². The van der Waals surface area contributed by atoms with Crippen molar-refractivity contribution in [2.45, 2.75) is 38.8 Å². The zero-order chi connectivity index (χ0) is 21.6. The molecule has 4 heteroatoms. The van der Waals surface area contributed by atoms with Crippen molar-refractivity contribution in [3.8, 4) is 0 Å². The van der Waals surface area contributed by atoms with Gasteiger partial charge in [0.15, 0.2) is 0 Å². The van der Waals surface area contributed by atoms with E-state index in [4.69, 9.17) is 0 Å². The lowest BCUT2D eigenvalue weighted by atomic mass is 9.99. The second-order valence-corrected chi connectivity index (χ2v) is 8.16. The third-order valence-electron chi connectivity index (χ3n) is 6.14. The standard InChI is InChI=1S/C27H29FN2O/c1-2-21-12-14-24(15-13-21)30(27(31)22-8-4-3-5-9-22)25-16-18-29(19-17-25)20-23-10-6-7-11-26(23)28/h3-15,25H,2,16-20H2,1H3. The SMILES string of the molecule is CCc1ccc(N(C(=O)c2ccccc2)C2CCN(Cc3ccccc3F)CC2)cc1. The molecule has 3 aromatic carbocycles. The van der Waals surface area contributed by atoms with E-state index in [2.05, 4.69) is 36.1 Å². The van der Waals surface area contributed by atoms with Crippen molar-refractivity contribution in [1.29, 1.82) is 0 Å². The number of benzene rings is 3. The molecule has 1 amide bonds. The molecule has 0 radical (unpaired) electrons. The summed E-state index contributed by atoms with van der Waals surface area (Å²) in [7, 11) is 0. The lowest BCUT2D eigenvalue weighted by Gasteiger charge is -2.38. The van der Waals surface area contributed by atoms with Crippen LogP contribution in [0.15, 0.2) is 78.9 Å². The first-order chi connectivity index (χ1) is 15.2. The Labute approximate surface area is 184 Å². The second kappa shape index (κ2) is 9.88. The zero-order valence-corrected chi connectivity index (χ0v) is 18.0. The molecular weight excluding hydrogens is 387 g/mol. The highest BCUT2D eigenvalue weighted by Crippen LogP contribution is 2.27. The van der Waals surface area contributed by atoms with Crippen molar-refractivity contribution in [2.75, 3.05) is 18.0 Å². The topological polar surface area (TPSA) is 23.6 Å². The molecule has 1 fully saturated rings. The van der Waals surface area contributed by atoms with Gasteiger partial charge >= 0.3 is 0 Å². The van der Waals surface area contributed by atoms with Gasteiger partial charge in [-0.2, -0.15) is 0 Å². The van der Waals surface area contributed by atoms with Crippen molar-refractivity contribution in [3.05, 3.63) is 101 Å². The fraction of sp³-hybridized carbons (Fsp3) is 0.296. The Balaban J connectivity index is 1.52. The molecule has 0 aromatic heterocycles. The number of hydrogen-bond acceptors (Lipinski definition) is 2. The molecule has 3 aromatic rings. The largest absolute Gasteiger partial charge is 0.305 e. The number of aryl methyl sites for hydroxylation is 1. The van der Waals surface area contributed by atoms with Gasteiger partial charge in [0.25, 0.3) is 5.91 Å². The van der Waals surface area contributed by atoms with E-state index in [0.717, 1.165) is 43.6 Å². The van der Waals surface area contributed by atoms with Gasteiger partial charge in [-0.15, -0.1) is 0 Å². The number of carbonyl (C=O) groups is 1. The highest BCUT2D eigenvalue weighted by atomic mass is 19.1. The summed E-state index contributed by atoms with van der Waals surface area (Å²) in [5, 5.41) is 0. The quantitative estimate of drug-likeness (QED) is 0.515. The first kappa shape index (κ1) is 21.3. The van der Waals surface area contributed by atoms with E-state index >= 15 is 0 Å². The van der Waals surface area contributed by atoms with Gasteiger partial charge in [0.1, 0.15) is 5.82 Å². The maximum absolute atomic E-state index is 14.0. The average molecular weight is 417 g/mol. The molecule has 0 aliphatic carbocycles. The molecule has 1 heterocycles. The minimum atomic E-state index is -0.151. The van der Waals surface area contributed by atoms with Crippen LogP contribution in [-0.4, -0.2) is 29.9 Å². The number of piperidine rings is 1. The van der Waals surface area contributed by atoms with Gasteiger partial charge in [0.2, 0.25) is 0 Å². The third kappa shape index (κ3) is 5.02. The molecule has 0 atom stereocenters. The number of halogens is 1. The van der Waals surface area contributed by atoms with Gasteiger partial charge in [-0.3, -0.25) is 9.69 Å². The minimum Gasteiger partial charge on any atom is -0.305 e. The van der Waals surface area contributed by atoms with Crippen LogP contribution in [0.1, 0.15) is 41.3 Å². The van der Waals surface area contributed by atoms with Gasteiger partial charge in [-0.1, -0.05) is 55.5 Å². The Kier molecular flexibility index (Phi) is 6.78. The summed E-state index contributed by atoms with van der Waals surface area (Å²) >= 11 is 0. The molecule has 0 N–H and O–H groups in total. The van der Waals surface area contributed by atoms with E-state index in [1.165, 1.54) is 11.6 Å². The lowest BCUT2D eigenvalue weighted by molar-refractivity contribution is 0.0958. The molecule has 0 spiro atoms. The number of anilines is 1. The van der Waals surface area contributed by atoms with Gasteiger partial charge in [-0.25, -0.2) is 4.39 Å². The summed E-state index contributed by atoms with van der Waals surface area (Å²) in [5.41, 5.74) is 3.64. The number of likely N-dealkylation sites (tertiary alicyclic amines) is 1. The normalized spacial score (nSPS) is 15.0. The van der Waals surface area contributed by atoms with Crippen LogP contribution in [0.2, 0.25) is 0 Å². The van der Waals surface area contributed by atoms with Crippen molar-refractivity contribution in [2.24, 2.45) is 0 Å².